The lowest BCUT2D eigenvalue weighted by Gasteiger charge is -2.23. The van der Waals surface area contributed by atoms with E-state index >= 15 is 0 Å². The van der Waals surface area contributed by atoms with Gasteiger partial charge in [0.25, 0.3) is 0 Å². The van der Waals surface area contributed by atoms with Crippen molar-refractivity contribution >= 4 is 17.3 Å². The summed E-state index contributed by atoms with van der Waals surface area (Å²) in [4.78, 5) is 14.4. The first-order chi connectivity index (χ1) is 13.2. The fourth-order valence-corrected chi connectivity index (χ4v) is 4.08. The van der Waals surface area contributed by atoms with Crippen molar-refractivity contribution in [2.45, 2.75) is 39.2 Å². The van der Waals surface area contributed by atoms with Crippen molar-refractivity contribution in [2.24, 2.45) is 5.92 Å². The maximum absolute atomic E-state index is 10.6. The van der Waals surface area contributed by atoms with E-state index in [0.717, 1.165) is 39.2 Å². The Bertz CT molecular complexity index is 758. The molecule has 0 radical (unpaired) electrons. The zero-order valence-corrected chi connectivity index (χ0v) is 16.7. The number of alkyl halides is 3. The molecule has 0 spiro atoms. The number of thiophene rings is 1. The third-order valence-corrected chi connectivity index (χ3v) is 5.41. The third kappa shape index (κ3) is 6.96. The lowest BCUT2D eigenvalue weighted by molar-refractivity contribution is -0.192. The van der Waals surface area contributed by atoms with Crippen LogP contribution in [0.2, 0.25) is 0 Å². The highest BCUT2D eigenvalue weighted by molar-refractivity contribution is 7.11. The molecule has 28 heavy (non-hydrogen) atoms. The minimum Gasteiger partial charge on any atom is -0.475 e. The molecule has 0 saturated heterocycles. The number of methoxy groups -OCH3 is 1. The van der Waals surface area contributed by atoms with E-state index in [1.54, 1.807) is 7.11 Å². The van der Waals surface area contributed by atoms with Gasteiger partial charge in [0.2, 0.25) is 0 Å². The molecular formula is C19H25F3N2O3S. The molecule has 2 aromatic heterocycles. The first kappa shape index (κ1) is 22.4. The molecule has 1 aliphatic heterocycles. The molecule has 0 bridgehead atoms. The van der Waals surface area contributed by atoms with Gasteiger partial charge in [0, 0.05) is 61.5 Å². The highest BCUT2D eigenvalue weighted by Crippen LogP contribution is 2.23. The summed E-state index contributed by atoms with van der Waals surface area (Å²) in [5.41, 5.74) is 1.43. The van der Waals surface area contributed by atoms with Crippen LogP contribution in [0, 0.1) is 12.8 Å². The van der Waals surface area contributed by atoms with Gasteiger partial charge < -0.3 is 14.4 Å². The van der Waals surface area contributed by atoms with Crippen molar-refractivity contribution in [1.82, 2.24) is 9.47 Å². The zero-order chi connectivity index (χ0) is 20.7. The summed E-state index contributed by atoms with van der Waals surface area (Å²) >= 11 is 1.92. The minimum atomic E-state index is -5.08. The summed E-state index contributed by atoms with van der Waals surface area (Å²) in [6, 6.07) is 8.92. The molecule has 0 aliphatic carbocycles. The van der Waals surface area contributed by atoms with Crippen molar-refractivity contribution in [3.63, 3.8) is 0 Å². The van der Waals surface area contributed by atoms with Crippen LogP contribution in [0.3, 0.4) is 0 Å². The van der Waals surface area contributed by atoms with E-state index in [9.17, 15) is 13.2 Å². The Labute approximate surface area is 166 Å². The molecule has 9 heteroatoms. The van der Waals surface area contributed by atoms with Crippen LogP contribution in [0.5, 0.6) is 0 Å². The smallest absolute Gasteiger partial charge is 0.475 e. The van der Waals surface area contributed by atoms with E-state index in [1.807, 2.05) is 11.3 Å². The van der Waals surface area contributed by atoms with Crippen LogP contribution in [0.25, 0.3) is 0 Å². The van der Waals surface area contributed by atoms with Crippen molar-refractivity contribution in [1.29, 1.82) is 0 Å². The van der Waals surface area contributed by atoms with Crippen LogP contribution in [-0.4, -0.2) is 47.0 Å². The number of halogens is 3. The average molecular weight is 418 g/mol. The number of carbonyl (C=O) groups is 1. The Morgan fingerprint density at radius 2 is 2.04 bits per heavy atom. The van der Waals surface area contributed by atoms with Crippen molar-refractivity contribution in [3.05, 3.63) is 45.9 Å². The largest absolute Gasteiger partial charge is 0.490 e. The summed E-state index contributed by atoms with van der Waals surface area (Å²) < 4.78 is 39.4. The van der Waals surface area contributed by atoms with Crippen LogP contribution in [0.1, 0.15) is 21.9 Å². The van der Waals surface area contributed by atoms with E-state index < -0.39 is 12.1 Å². The first-order valence-electron chi connectivity index (χ1n) is 8.89. The highest BCUT2D eigenvalue weighted by atomic mass is 32.1. The van der Waals surface area contributed by atoms with Crippen molar-refractivity contribution in [2.75, 3.05) is 20.3 Å². The molecular weight excluding hydrogens is 393 g/mol. The predicted octanol–water partition coefficient (Wildman–Crippen LogP) is 4.16. The molecule has 2 aromatic rings. The number of aryl methyl sites for hydroxylation is 1. The number of nitrogens with zero attached hydrogens (tertiary/aromatic N) is 2. The van der Waals surface area contributed by atoms with Gasteiger partial charge in [-0.15, -0.1) is 11.3 Å². The fourth-order valence-electron chi connectivity index (χ4n) is 3.14. The second kappa shape index (κ2) is 10.1. The molecule has 0 fully saturated rings. The molecule has 1 N–H and O–H groups in total. The minimum absolute atomic E-state index is 0.666. The Morgan fingerprint density at radius 1 is 1.32 bits per heavy atom. The Balaban J connectivity index is 0.000000345. The number of carboxylic acids is 1. The number of carboxylic acid groups (broad SMARTS) is 1. The van der Waals surface area contributed by atoms with Gasteiger partial charge in [0.15, 0.2) is 0 Å². The summed E-state index contributed by atoms with van der Waals surface area (Å²) in [5.74, 6) is -2.09. The maximum atomic E-state index is 10.6. The first-order valence-corrected chi connectivity index (χ1v) is 9.71. The summed E-state index contributed by atoms with van der Waals surface area (Å²) in [6.45, 7) is 7.42. The van der Waals surface area contributed by atoms with Gasteiger partial charge in [-0.2, -0.15) is 13.2 Å². The molecule has 156 valence electrons. The number of fused-ring (bicyclic) bond motifs is 1. The van der Waals surface area contributed by atoms with Gasteiger partial charge in [-0.05, 0) is 43.5 Å². The lowest BCUT2D eigenvalue weighted by Crippen LogP contribution is -2.27. The third-order valence-electron chi connectivity index (χ3n) is 4.43. The van der Waals surface area contributed by atoms with Gasteiger partial charge in [0.05, 0.1) is 0 Å². The Kier molecular flexibility index (Phi) is 8.09. The number of hydrogen-bond donors (Lipinski definition) is 1. The van der Waals surface area contributed by atoms with Gasteiger partial charge >= 0.3 is 12.1 Å². The summed E-state index contributed by atoms with van der Waals surface area (Å²) in [7, 11) is 1.80. The zero-order valence-electron chi connectivity index (χ0n) is 15.9. The topological polar surface area (TPSA) is 54.7 Å². The number of aliphatic carboxylic acids is 1. The van der Waals surface area contributed by atoms with Gasteiger partial charge in [-0.3, -0.25) is 4.90 Å². The number of hydrogen-bond acceptors (Lipinski definition) is 4. The van der Waals surface area contributed by atoms with E-state index in [2.05, 4.69) is 46.9 Å². The monoisotopic (exact) mass is 418 g/mol. The summed E-state index contributed by atoms with van der Waals surface area (Å²) in [5, 5.41) is 7.12. The maximum Gasteiger partial charge on any atom is 0.490 e. The van der Waals surface area contributed by atoms with E-state index in [-0.39, 0.29) is 0 Å². The number of aromatic nitrogens is 1. The second-order valence-corrected chi connectivity index (χ2v) is 8.16. The molecule has 0 aromatic carbocycles. The van der Waals surface area contributed by atoms with E-state index in [0.29, 0.717) is 5.92 Å². The molecule has 1 atom stereocenters. The Morgan fingerprint density at radius 3 is 2.61 bits per heavy atom. The van der Waals surface area contributed by atoms with Crippen molar-refractivity contribution in [3.8, 4) is 0 Å². The van der Waals surface area contributed by atoms with E-state index in [1.165, 1.54) is 15.4 Å². The van der Waals surface area contributed by atoms with Crippen molar-refractivity contribution < 1.29 is 27.8 Å². The molecule has 0 amide bonds. The van der Waals surface area contributed by atoms with Crippen LogP contribution >= 0.6 is 11.3 Å². The normalized spacial score (nSPS) is 17.4. The predicted molar refractivity (Wildman–Crippen MR) is 101 cm³/mol. The molecule has 3 heterocycles. The molecule has 0 saturated carbocycles. The quantitative estimate of drug-likeness (QED) is 0.792. The molecule has 5 nitrogen and oxygen atoms in total. The molecule has 1 aliphatic rings. The van der Waals surface area contributed by atoms with Gasteiger partial charge in [-0.25, -0.2) is 4.79 Å². The number of ether oxygens (including phenoxy) is 1. The van der Waals surface area contributed by atoms with Crippen LogP contribution in [-0.2, 0) is 29.2 Å². The van der Waals surface area contributed by atoms with E-state index in [4.69, 9.17) is 14.6 Å². The highest BCUT2D eigenvalue weighted by Gasteiger charge is 2.38. The number of rotatable bonds is 5. The second-order valence-electron chi connectivity index (χ2n) is 6.78. The summed E-state index contributed by atoms with van der Waals surface area (Å²) in [6.07, 6.45) is -1.73. The SMILES string of the molecule is COCCC1CN(Cc2ccc(C)s2)Cc2cccn2C1.O=C(O)C(F)(F)F. The molecule has 3 rings (SSSR count). The Hall–Kier alpha value is -1.84. The van der Waals surface area contributed by atoms with Gasteiger partial charge in [0.1, 0.15) is 0 Å². The standard InChI is InChI=1S/C17H24N2OS.C2HF3O2/c1-14-5-6-17(21-14)13-18-10-15(7-9-20-2)11-19-8-3-4-16(19)12-18;3-2(4,5)1(6)7/h3-6,8,15H,7,9-13H2,1-2H3;(H,6,7). The fraction of sp³-hybridized carbons (Fsp3) is 0.526. The van der Waals surface area contributed by atoms with Crippen LogP contribution < -0.4 is 0 Å². The average Bonchev–Trinajstić information content (AvgIpc) is 3.17. The van der Waals surface area contributed by atoms with Gasteiger partial charge in [-0.1, -0.05) is 0 Å². The lowest BCUT2D eigenvalue weighted by atomic mass is 10.1. The van der Waals surface area contributed by atoms with Crippen LogP contribution in [0.4, 0.5) is 13.2 Å². The van der Waals surface area contributed by atoms with Crippen LogP contribution in [0.15, 0.2) is 30.5 Å². The molecule has 1 unspecified atom stereocenters.